The van der Waals surface area contributed by atoms with Crippen LogP contribution >= 0.6 is 11.8 Å². The van der Waals surface area contributed by atoms with Gasteiger partial charge in [0.25, 0.3) is 0 Å². The van der Waals surface area contributed by atoms with E-state index in [9.17, 15) is 4.79 Å². The number of rotatable bonds is 8. The van der Waals surface area contributed by atoms with Crippen molar-refractivity contribution in [1.29, 1.82) is 0 Å². The van der Waals surface area contributed by atoms with Gasteiger partial charge in [-0.05, 0) is 37.5 Å². The number of benzene rings is 2. The summed E-state index contributed by atoms with van der Waals surface area (Å²) in [5.41, 5.74) is 1.26. The molecule has 0 spiro atoms. The Morgan fingerprint density at radius 1 is 1.19 bits per heavy atom. The SMILES string of the molecule is C[C@H](CCc1ccccc1)NC(=O)CSc1nnc([C@H]2COc3ccccc3O2)n1N. The Morgan fingerprint density at radius 2 is 1.94 bits per heavy atom. The molecule has 0 radical (unpaired) electrons. The van der Waals surface area contributed by atoms with E-state index in [-0.39, 0.29) is 24.3 Å². The summed E-state index contributed by atoms with van der Waals surface area (Å²) in [5, 5.41) is 11.7. The number of fused-ring (bicyclic) bond motifs is 1. The summed E-state index contributed by atoms with van der Waals surface area (Å²) in [4.78, 5) is 12.3. The van der Waals surface area contributed by atoms with Crippen molar-refractivity contribution in [2.24, 2.45) is 0 Å². The molecule has 9 heteroatoms. The number of nitrogens with zero attached hydrogens (tertiary/aromatic N) is 3. The molecule has 2 heterocycles. The zero-order valence-electron chi connectivity index (χ0n) is 17.2. The fourth-order valence-electron chi connectivity index (χ4n) is 3.30. The summed E-state index contributed by atoms with van der Waals surface area (Å²) < 4.78 is 13.0. The number of hydrogen-bond acceptors (Lipinski definition) is 7. The number of carbonyl (C=O) groups excluding carboxylic acids is 1. The van der Waals surface area contributed by atoms with Crippen molar-refractivity contribution in [2.45, 2.75) is 37.1 Å². The van der Waals surface area contributed by atoms with Crippen LogP contribution in [0.4, 0.5) is 0 Å². The van der Waals surface area contributed by atoms with Gasteiger partial charge in [-0.15, -0.1) is 10.2 Å². The Balaban J connectivity index is 1.26. The van der Waals surface area contributed by atoms with Crippen LogP contribution in [0.15, 0.2) is 59.8 Å². The minimum atomic E-state index is -0.464. The normalized spacial score (nSPS) is 16.0. The summed E-state index contributed by atoms with van der Waals surface area (Å²) in [6.07, 6.45) is 1.33. The molecule has 31 heavy (non-hydrogen) atoms. The van der Waals surface area contributed by atoms with Gasteiger partial charge in [0.2, 0.25) is 11.1 Å². The molecular weight excluding hydrogens is 414 g/mol. The van der Waals surface area contributed by atoms with Crippen molar-refractivity contribution in [3.8, 4) is 11.5 Å². The van der Waals surface area contributed by atoms with Crippen LogP contribution in [0.25, 0.3) is 0 Å². The highest BCUT2D eigenvalue weighted by Gasteiger charge is 2.28. The molecule has 0 aliphatic carbocycles. The first kappa shape index (κ1) is 21.0. The van der Waals surface area contributed by atoms with Crippen LogP contribution < -0.4 is 20.6 Å². The van der Waals surface area contributed by atoms with Gasteiger partial charge in [0.1, 0.15) is 6.61 Å². The van der Waals surface area contributed by atoms with Crippen LogP contribution in [0.1, 0.15) is 30.8 Å². The topological polar surface area (TPSA) is 104 Å². The van der Waals surface area contributed by atoms with Crippen LogP contribution in [0, 0.1) is 0 Å². The lowest BCUT2D eigenvalue weighted by Crippen LogP contribution is -2.34. The van der Waals surface area contributed by atoms with Gasteiger partial charge in [0, 0.05) is 6.04 Å². The van der Waals surface area contributed by atoms with E-state index in [1.807, 2.05) is 49.4 Å². The van der Waals surface area contributed by atoms with E-state index in [4.69, 9.17) is 15.3 Å². The Morgan fingerprint density at radius 3 is 2.74 bits per heavy atom. The number of nitrogens with two attached hydrogens (primary N) is 1. The molecule has 1 aliphatic rings. The van der Waals surface area contributed by atoms with Crippen molar-refractivity contribution < 1.29 is 14.3 Å². The minimum absolute atomic E-state index is 0.0683. The van der Waals surface area contributed by atoms with Gasteiger partial charge in [-0.1, -0.05) is 54.2 Å². The van der Waals surface area contributed by atoms with Crippen LogP contribution in [0.3, 0.4) is 0 Å². The average Bonchev–Trinajstić information content (AvgIpc) is 3.17. The van der Waals surface area contributed by atoms with Gasteiger partial charge in [0.15, 0.2) is 23.4 Å². The maximum absolute atomic E-state index is 12.3. The largest absolute Gasteiger partial charge is 0.485 e. The standard InChI is InChI=1S/C22H25N5O3S/c1-15(11-12-16-7-3-2-4-8-16)24-20(28)14-31-22-26-25-21(27(22)23)19-13-29-17-9-5-6-10-18(17)30-19/h2-10,15,19H,11-14,23H2,1H3,(H,24,28)/t15-,19-/m1/s1. The Labute approximate surface area is 185 Å². The van der Waals surface area contributed by atoms with Crippen molar-refractivity contribution in [2.75, 3.05) is 18.2 Å². The fourth-order valence-corrected chi connectivity index (χ4v) is 3.97. The average molecular weight is 440 g/mol. The van der Waals surface area contributed by atoms with Crippen molar-refractivity contribution >= 4 is 17.7 Å². The number of aryl methyl sites for hydroxylation is 1. The summed E-state index contributed by atoms with van der Waals surface area (Å²) in [7, 11) is 0. The zero-order valence-corrected chi connectivity index (χ0v) is 18.0. The number of nitrogen functional groups attached to an aromatic ring is 1. The van der Waals surface area contributed by atoms with E-state index in [1.54, 1.807) is 0 Å². The molecule has 3 N–H and O–H groups in total. The predicted octanol–water partition coefficient (Wildman–Crippen LogP) is 2.73. The number of carbonyl (C=O) groups is 1. The Kier molecular flexibility index (Phi) is 6.61. The van der Waals surface area contributed by atoms with Crippen LogP contribution in [0.5, 0.6) is 11.5 Å². The number of para-hydroxylation sites is 2. The maximum atomic E-state index is 12.3. The molecule has 0 bridgehead atoms. The number of amides is 1. The predicted molar refractivity (Wildman–Crippen MR) is 119 cm³/mol. The number of thioether (sulfide) groups is 1. The van der Waals surface area contributed by atoms with Gasteiger partial charge in [-0.25, -0.2) is 4.68 Å². The van der Waals surface area contributed by atoms with Crippen molar-refractivity contribution in [1.82, 2.24) is 20.2 Å². The van der Waals surface area contributed by atoms with Gasteiger partial charge >= 0.3 is 0 Å². The highest BCUT2D eigenvalue weighted by molar-refractivity contribution is 7.99. The fraction of sp³-hybridized carbons (Fsp3) is 0.318. The first-order chi connectivity index (χ1) is 15.1. The first-order valence-corrected chi connectivity index (χ1v) is 11.1. The molecule has 2 atom stereocenters. The second-order valence-corrected chi connectivity index (χ2v) is 8.30. The number of aromatic nitrogens is 3. The molecule has 0 unspecified atom stereocenters. The lowest BCUT2D eigenvalue weighted by atomic mass is 10.1. The summed E-state index contributed by atoms with van der Waals surface area (Å²) in [6.45, 7) is 2.30. The minimum Gasteiger partial charge on any atom is -0.485 e. The van der Waals surface area contributed by atoms with Gasteiger partial charge in [0.05, 0.1) is 5.75 Å². The van der Waals surface area contributed by atoms with E-state index in [0.717, 1.165) is 12.8 Å². The molecule has 162 valence electrons. The summed E-state index contributed by atoms with van der Waals surface area (Å²) >= 11 is 1.24. The van der Waals surface area contributed by atoms with E-state index < -0.39 is 6.10 Å². The third kappa shape index (κ3) is 5.29. The lowest BCUT2D eigenvalue weighted by Gasteiger charge is -2.25. The molecular formula is C22H25N5O3S. The smallest absolute Gasteiger partial charge is 0.230 e. The monoisotopic (exact) mass is 439 g/mol. The Bertz CT molecular complexity index is 1030. The molecule has 3 aromatic rings. The molecule has 0 saturated carbocycles. The quantitative estimate of drug-likeness (QED) is 0.411. The molecule has 2 aromatic carbocycles. The third-order valence-electron chi connectivity index (χ3n) is 4.94. The summed E-state index contributed by atoms with van der Waals surface area (Å²) in [6, 6.07) is 17.7. The maximum Gasteiger partial charge on any atom is 0.230 e. The van der Waals surface area contributed by atoms with Gasteiger partial charge in [-0.3, -0.25) is 4.79 Å². The molecule has 8 nitrogen and oxygen atoms in total. The number of hydrogen-bond donors (Lipinski definition) is 2. The van der Waals surface area contributed by atoms with Gasteiger partial charge in [-0.2, -0.15) is 0 Å². The molecule has 1 aromatic heterocycles. The van der Waals surface area contributed by atoms with E-state index in [1.165, 1.54) is 22.0 Å². The zero-order chi connectivity index (χ0) is 21.6. The van der Waals surface area contributed by atoms with E-state index >= 15 is 0 Å². The molecule has 0 saturated heterocycles. The van der Waals surface area contributed by atoms with Crippen LogP contribution in [0.2, 0.25) is 0 Å². The van der Waals surface area contributed by atoms with Crippen molar-refractivity contribution in [3.05, 3.63) is 66.0 Å². The van der Waals surface area contributed by atoms with E-state index in [2.05, 4.69) is 27.6 Å². The van der Waals surface area contributed by atoms with E-state index in [0.29, 0.717) is 22.5 Å². The van der Waals surface area contributed by atoms with Gasteiger partial charge < -0.3 is 20.6 Å². The summed E-state index contributed by atoms with van der Waals surface area (Å²) in [5.74, 6) is 8.07. The van der Waals surface area contributed by atoms with Crippen LogP contribution in [-0.4, -0.2) is 39.2 Å². The molecule has 1 amide bonds. The number of ether oxygens (including phenoxy) is 2. The molecule has 0 fully saturated rings. The third-order valence-corrected chi connectivity index (χ3v) is 5.88. The molecule has 1 aliphatic heterocycles. The van der Waals surface area contributed by atoms with Crippen LogP contribution in [-0.2, 0) is 11.2 Å². The number of nitrogens with one attached hydrogen (secondary N) is 1. The van der Waals surface area contributed by atoms with Crippen molar-refractivity contribution in [3.63, 3.8) is 0 Å². The second-order valence-electron chi connectivity index (χ2n) is 7.36. The lowest BCUT2D eigenvalue weighted by molar-refractivity contribution is -0.119. The Hall–Kier alpha value is -3.20. The second kappa shape index (κ2) is 9.74. The first-order valence-electron chi connectivity index (χ1n) is 10.1. The highest BCUT2D eigenvalue weighted by Crippen LogP contribution is 2.35. The highest BCUT2D eigenvalue weighted by atomic mass is 32.2. The molecule has 4 rings (SSSR count).